The number of benzene rings is 1. The van der Waals surface area contributed by atoms with Gasteiger partial charge in [0.05, 0.1) is 6.42 Å². The van der Waals surface area contributed by atoms with Gasteiger partial charge >= 0.3 is 0 Å². The molecule has 18 heavy (non-hydrogen) atoms. The molecule has 0 aromatic heterocycles. The fourth-order valence-electron chi connectivity index (χ4n) is 1.90. The smallest absolute Gasteiger partial charge is 0.224 e. The molecule has 0 bridgehead atoms. The van der Waals surface area contributed by atoms with Gasteiger partial charge in [0.25, 0.3) is 0 Å². The van der Waals surface area contributed by atoms with Gasteiger partial charge in [0.1, 0.15) is 5.75 Å². The van der Waals surface area contributed by atoms with Gasteiger partial charge in [-0.25, -0.2) is 0 Å². The summed E-state index contributed by atoms with van der Waals surface area (Å²) in [6, 6.07) is 6.87. The molecule has 0 aliphatic carbocycles. The van der Waals surface area contributed by atoms with E-state index in [9.17, 15) is 9.90 Å². The first kappa shape index (κ1) is 14.5. The van der Waals surface area contributed by atoms with Gasteiger partial charge in [-0.1, -0.05) is 32.0 Å². The second-order valence-electron chi connectivity index (χ2n) is 4.94. The van der Waals surface area contributed by atoms with Crippen molar-refractivity contribution in [3.05, 3.63) is 29.8 Å². The molecule has 1 rings (SSSR count). The molecule has 4 N–H and O–H groups in total. The first-order chi connectivity index (χ1) is 8.52. The first-order valence-corrected chi connectivity index (χ1v) is 6.29. The highest BCUT2D eigenvalue weighted by molar-refractivity contribution is 5.79. The highest BCUT2D eigenvalue weighted by Crippen LogP contribution is 2.16. The van der Waals surface area contributed by atoms with E-state index in [-0.39, 0.29) is 24.1 Å². The van der Waals surface area contributed by atoms with Gasteiger partial charge in [-0.2, -0.15) is 0 Å². The molecule has 4 heteroatoms. The predicted octanol–water partition coefficient (Wildman–Crippen LogP) is 1.42. The maximum atomic E-state index is 11.8. The number of carbonyl (C=O) groups is 1. The van der Waals surface area contributed by atoms with Crippen molar-refractivity contribution >= 4 is 5.91 Å². The molecule has 0 saturated carbocycles. The SMILES string of the molecule is CC(C)CC(CN)NC(=O)Cc1ccccc1O. The molecule has 1 amide bonds. The summed E-state index contributed by atoms with van der Waals surface area (Å²) in [4.78, 5) is 11.8. The standard InChI is InChI=1S/C14H22N2O2/c1-10(2)7-12(9-15)16-14(18)8-11-5-3-4-6-13(11)17/h3-6,10,12,17H,7-9,15H2,1-2H3,(H,16,18). The predicted molar refractivity (Wildman–Crippen MR) is 72.3 cm³/mol. The van der Waals surface area contributed by atoms with Gasteiger partial charge < -0.3 is 16.2 Å². The molecule has 0 radical (unpaired) electrons. The Kier molecular flexibility index (Phi) is 5.65. The van der Waals surface area contributed by atoms with E-state index in [1.165, 1.54) is 0 Å². The molecular weight excluding hydrogens is 228 g/mol. The number of nitrogens with one attached hydrogen (secondary N) is 1. The average Bonchev–Trinajstić information content (AvgIpc) is 2.30. The number of aromatic hydroxyl groups is 1. The number of phenols is 1. The summed E-state index contributed by atoms with van der Waals surface area (Å²) in [5, 5.41) is 12.5. The summed E-state index contributed by atoms with van der Waals surface area (Å²) in [5.41, 5.74) is 6.26. The second-order valence-corrected chi connectivity index (χ2v) is 4.94. The van der Waals surface area contributed by atoms with Crippen LogP contribution >= 0.6 is 0 Å². The minimum Gasteiger partial charge on any atom is -0.508 e. The van der Waals surface area contributed by atoms with Crippen molar-refractivity contribution in [1.29, 1.82) is 0 Å². The Morgan fingerprint density at radius 2 is 2.06 bits per heavy atom. The zero-order valence-electron chi connectivity index (χ0n) is 11.0. The number of nitrogens with two attached hydrogens (primary N) is 1. The molecule has 1 unspecified atom stereocenters. The van der Waals surface area contributed by atoms with Gasteiger partial charge in [-0.05, 0) is 18.4 Å². The quantitative estimate of drug-likeness (QED) is 0.715. The third-order valence-electron chi connectivity index (χ3n) is 2.75. The van der Waals surface area contributed by atoms with E-state index < -0.39 is 0 Å². The number of hydrogen-bond donors (Lipinski definition) is 3. The number of para-hydroxylation sites is 1. The van der Waals surface area contributed by atoms with Crippen LogP contribution in [-0.2, 0) is 11.2 Å². The lowest BCUT2D eigenvalue weighted by atomic mass is 10.0. The van der Waals surface area contributed by atoms with Crippen molar-refractivity contribution in [2.24, 2.45) is 11.7 Å². The number of phenolic OH excluding ortho intramolecular Hbond substituents is 1. The van der Waals surface area contributed by atoms with Crippen molar-refractivity contribution in [2.45, 2.75) is 32.7 Å². The first-order valence-electron chi connectivity index (χ1n) is 6.29. The molecule has 0 saturated heterocycles. The van der Waals surface area contributed by atoms with Crippen LogP contribution < -0.4 is 11.1 Å². The van der Waals surface area contributed by atoms with Crippen molar-refractivity contribution in [2.75, 3.05) is 6.54 Å². The Balaban J connectivity index is 2.53. The molecule has 0 heterocycles. The van der Waals surface area contributed by atoms with Crippen LogP contribution in [0.15, 0.2) is 24.3 Å². The molecule has 0 spiro atoms. The van der Waals surface area contributed by atoms with E-state index in [2.05, 4.69) is 19.2 Å². The normalized spacial score (nSPS) is 12.4. The van der Waals surface area contributed by atoms with Gasteiger partial charge in [0.15, 0.2) is 0 Å². The summed E-state index contributed by atoms with van der Waals surface area (Å²) < 4.78 is 0. The summed E-state index contributed by atoms with van der Waals surface area (Å²) >= 11 is 0. The molecule has 0 aliphatic heterocycles. The number of carbonyl (C=O) groups excluding carboxylic acids is 1. The largest absolute Gasteiger partial charge is 0.508 e. The van der Waals surface area contributed by atoms with Crippen LogP contribution in [0.25, 0.3) is 0 Å². The Hall–Kier alpha value is -1.55. The molecule has 1 aromatic carbocycles. The van der Waals surface area contributed by atoms with Crippen LogP contribution in [0, 0.1) is 5.92 Å². The number of hydrogen-bond acceptors (Lipinski definition) is 3. The Labute approximate surface area is 108 Å². The minimum absolute atomic E-state index is 0.00311. The fraction of sp³-hybridized carbons (Fsp3) is 0.500. The molecule has 1 atom stereocenters. The van der Waals surface area contributed by atoms with E-state index in [0.29, 0.717) is 18.0 Å². The van der Waals surface area contributed by atoms with Crippen molar-refractivity contribution in [3.8, 4) is 5.75 Å². The van der Waals surface area contributed by atoms with Gasteiger partial charge in [-0.15, -0.1) is 0 Å². The van der Waals surface area contributed by atoms with E-state index in [4.69, 9.17) is 5.73 Å². The third-order valence-corrected chi connectivity index (χ3v) is 2.75. The molecule has 4 nitrogen and oxygen atoms in total. The maximum Gasteiger partial charge on any atom is 0.224 e. The zero-order valence-corrected chi connectivity index (χ0v) is 11.0. The highest BCUT2D eigenvalue weighted by Gasteiger charge is 2.13. The van der Waals surface area contributed by atoms with Gasteiger partial charge in [0.2, 0.25) is 5.91 Å². The van der Waals surface area contributed by atoms with Crippen LogP contribution in [0.1, 0.15) is 25.8 Å². The molecule has 100 valence electrons. The topological polar surface area (TPSA) is 75.3 Å². The third kappa shape index (κ3) is 4.75. The van der Waals surface area contributed by atoms with Crippen molar-refractivity contribution in [3.63, 3.8) is 0 Å². The zero-order chi connectivity index (χ0) is 13.5. The number of rotatable bonds is 6. The molecule has 0 aliphatic rings. The maximum absolute atomic E-state index is 11.8. The average molecular weight is 250 g/mol. The Morgan fingerprint density at radius 1 is 1.39 bits per heavy atom. The molecule has 1 aromatic rings. The minimum atomic E-state index is -0.104. The Bertz CT molecular complexity index is 391. The van der Waals surface area contributed by atoms with Crippen LogP contribution in [0.4, 0.5) is 0 Å². The second kappa shape index (κ2) is 7.01. The lowest BCUT2D eigenvalue weighted by Crippen LogP contribution is -2.41. The lowest BCUT2D eigenvalue weighted by molar-refractivity contribution is -0.121. The van der Waals surface area contributed by atoms with Crippen molar-refractivity contribution < 1.29 is 9.90 Å². The van der Waals surface area contributed by atoms with Crippen LogP contribution in [0.5, 0.6) is 5.75 Å². The highest BCUT2D eigenvalue weighted by atomic mass is 16.3. The Morgan fingerprint density at radius 3 is 2.61 bits per heavy atom. The summed E-state index contributed by atoms with van der Waals surface area (Å²) in [6.45, 7) is 4.63. The summed E-state index contributed by atoms with van der Waals surface area (Å²) in [5.74, 6) is 0.539. The van der Waals surface area contributed by atoms with E-state index in [0.717, 1.165) is 6.42 Å². The summed E-state index contributed by atoms with van der Waals surface area (Å²) in [6.07, 6.45) is 1.05. The van der Waals surface area contributed by atoms with E-state index in [1.54, 1.807) is 24.3 Å². The lowest BCUT2D eigenvalue weighted by Gasteiger charge is -2.18. The van der Waals surface area contributed by atoms with E-state index >= 15 is 0 Å². The molecule has 0 fully saturated rings. The van der Waals surface area contributed by atoms with Crippen LogP contribution in [-0.4, -0.2) is 23.6 Å². The van der Waals surface area contributed by atoms with E-state index in [1.807, 2.05) is 0 Å². The van der Waals surface area contributed by atoms with Crippen molar-refractivity contribution in [1.82, 2.24) is 5.32 Å². The molecular formula is C14H22N2O2. The van der Waals surface area contributed by atoms with Crippen LogP contribution in [0.2, 0.25) is 0 Å². The van der Waals surface area contributed by atoms with Crippen LogP contribution in [0.3, 0.4) is 0 Å². The number of amides is 1. The van der Waals surface area contributed by atoms with Gasteiger partial charge in [-0.3, -0.25) is 4.79 Å². The fourth-order valence-corrected chi connectivity index (χ4v) is 1.90. The summed E-state index contributed by atoms with van der Waals surface area (Å²) in [7, 11) is 0. The monoisotopic (exact) mass is 250 g/mol. The van der Waals surface area contributed by atoms with Gasteiger partial charge in [0, 0.05) is 18.2 Å².